The maximum atomic E-state index is 11.5. The summed E-state index contributed by atoms with van der Waals surface area (Å²) in [6.07, 6.45) is 1.54. The first-order chi connectivity index (χ1) is 10.9. The number of benzene rings is 1. The van der Waals surface area contributed by atoms with E-state index in [0.717, 1.165) is 13.0 Å². The van der Waals surface area contributed by atoms with Gasteiger partial charge in [-0.25, -0.2) is 8.42 Å². The fourth-order valence-electron chi connectivity index (χ4n) is 2.84. The molecule has 1 aliphatic rings. The molecule has 2 rings (SSSR count). The summed E-state index contributed by atoms with van der Waals surface area (Å²) in [7, 11) is -2.87. The average Bonchev–Trinajstić information content (AvgIpc) is 2.80. The number of aryl methyl sites for hydroxylation is 2. The van der Waals surface area contributed by atoms with Crippen LogP contribution in [0.15, 0.2) is 23.2 Å². The van der Waals surface area contributed by atoms with Gasteiger partial charge in [0.1, 0.15) is 0 Å². The van der Waals surface area contributed by atoms with Crippen LogP contribution >= 0.6 is 24.0 Å². The molecule has 0 spiro atoms. The summed E-state index contributed by atoms with van der Waals surface area (Å²) in [4.78, 5) is 4.58. The van der Waals surface area contributed by atoms with Gasteiger partial charge in [-0.05, 0) is 44.7 Å². The molecule has 1 aromatic carbocycles. The van der Waals surface area contributed by atoms with Gasteiger partial charge in [-0.2, -0.15) is 0 Å². The molecule has 1 saturated heterocycles. The fourth-order valence-corrected chi connectivity index (χ4v) is 4.51. The Bertz CT molecular complexity index is 674. The van der Waals surface area contributed by atoms with Crippen LogP contribution < -0.4 is 10.6 Å². The van der Waals surface area contributed by atoms with Crippen LogP contribution in [0.4, 0.5) is 0 Å². The van der Waals surface area contributed by atoms with Crippen molar-refractivity contribution in [2.75, 3.05) is 24.6 Å². The van der Waals surface area contributed by atoms with E-state index in [4.69, 9.17) is 0 Å². The molecule has 1 aliphatic heterocycles. The van der Waals surface area contributed by atoms with Gasteiger partial charge in [0.25, 0.3) is 0 Å². The van der Waals surface area contributed by atoms with Gasteiger partial charge in [-0.3, -0.25) is 4.99 Å². The highest BCUT2D eigenvalue weighted by atomic mass is 127. The first-order valence-electron chi connectivity index (χ1n) is 8.21. The third-order valence-electron chi connectivity index (χ3n) is 4.07. The van der Waals surface area contributed by atoms with Gasteiger partial charge < -0.3 is 10.6 Å². The normalized spacial score (nSPS) is 19.6. The predicted octanol–water partition coefficient (Wildman–Crippen LogP) is 2.21. The summed E-state index contributed by atoms with van der Waals surface area (Å²) in [5.74, 6) is 1.18. The first kappa shape index (κ1) is 21.2. The lowest BCUT2D eigenvalue weighted by Crippen LogP contribution is -2.44. The minimum absolute atomic E-state index is 0. The lowest BCUT2D eigenvalue weighted by Gasteiger charge is -2.16. The van der Waals surface area contributed by atoms with E-state index in [1.165, 1.54) is 16.7 Å². The van der Waals surface area contributed by atoms with Crippen LogP contribution in [0.2, 0.25) is 0 Å². The molecule has 2 N–H and O–H groups in total. The zero-order chi connectivity index (χ0) is 16.9. The van der Waals surface area contributed by atoms with Crippen molar-refractivity contribution in [2.24, 2.45) is 4.99 Å². The van der Waals surface area contributed by atoms with E-state index in [1.807, 2.05) is 6.92 Å². The Labute approximate surface area is 162 Å². The number of hydrogen-bond acceptors (Lipinski definition) is 3. The second-order valence-electron chi connectivity index (χ2n) is 6.18. The van der Waals surface area contributed by atoms with Crippen molar-refractivity contribution in [2.45, 2.75) is 39.7 Å². The van der Waals surface area contributed by atoms with Crippen molar-refractivity contribution in [1.82, 2.24) is 10.6 Å². The summed E-state index contributed by atoms with van der Waals surface area (Å²) in [5.41, 5.74) is 3.87. The number of nitrogens with zero attached hydrogens (tertiary/aromatic N) is 1. The van der Waals surface area contributed by atoms with Crippen LogP contribution in [-0.4, -0.2) is 45.0 Å². The van der Waals surface area contributed by atoms with Crippen molar-refractivity contribution in [3.8, 4) is 0 Å². The summed E-state index contributed by atoms with van der Waals surface area (Å²) in [5, 5.41) is 6.43. The van der Waals surface area contributed by atoms with Gasteiger partial charge in [0.15, 0.2) is 15.8 Å². The van der Waals surface area contributed by atoms with E-state index in [1.54, 1.807) is 0 Å². The van der Waals surface area contributed by atoms with Gasteiger partial charge >= 0.3 is 0 Å². The molecule has 1 atom stereocenters. The monoisotopic (exact) mass is 465 g/mol. The van der Waals surface area contributed by atoms with Gasteiger partial charge in [-0.1, -0.05) is 23.8 Å². The number of halogens is 1. The summed E-state index contributed by atoms with van der Waals surface area (Å²) in [6, 6.07) is 6.44. The molecular formula is C17H28IN3O2S. The highest BCUT2D eigenvalue weighted by Gasteiger charge is 2.28. The summed E-state index contributed by atoms with van der Waals surface area (Å²) >= 11 is 0. The van der Waals surface area contributed by atoms with E-state index in [9.17, 15) is 8.42 Å². The molecule has 1 aromatic rings. The lowest BCUT2D eigenvalue weighted by atomic mass is 10.0. The Morgan fingerprint density at radius 1 is 1.33 bits per heavy atom. The average molecular weight is 465 g/mol. The first-order valence-corrected chi connectivity index (χ1v) is 10.0. The number of guanidine groups is 1. The van der Waals surface area contributed by atoms with Crippen molar-refractivity contribution in [1.29, 1.82) is 0 Å². The third-order valence-corrected chi connectivity index (χ3v) is 5.83. The fraction of sp³-hybridized carbons (Fsp3) is 0.588. The van der Waals surface area contributed by atoms with Crippen LogP contribution in [0.3, 0.4) is 0 Å². The van der Waals surface area contributed by atoms with Crippen LogP contribution in [-0.2, 0) is 16.3 Å². The number of nitrogens with one attached hydrogen (secondary N) is 2. The van der Waals surface area contributed by atoms with Crippen molar-refractivity contribution < 1.29 is 8.42 Å². The highest BCUT2D eigenvalue weighted by molar-refractivity contribution is 14.0. The maximum absolute atomic E-state index is 11.5. The van der Waals surface area contributed by atoms with Crippen molar-refractivity contribution >= 4 is 39.8 Å². The van der Waals surface area contributed by atoms with E-state index < -0.39 is 9.84 Å². The predicted molar refractivity (Wildman–Crippen MR) is 111 cm³/mol. The SMILES string of the molecule is CCNC(=NCCc1ccc(C)cc1C)NC1CCS(=O)(=O)C1.I. The molecule has 136 valence electrons. The molecule has 0 aliphatic carbocycles. The maximum Gasteiger partial charge on any atom is 0.191 e. The van der Waals surface area contributed by atoms with Crippen LogP contribution in [0, 0.1) is 13.8 Å². The molecule has 1 unspecified atom stereocenters. The van der Waals surface area contributed by atoms with Gasteiger partial charge in [-0.15, -0.1) is 24.0 Å². The lowest BCUT2D eigenvalue weighted by molar-refractivity contribution is 0.599. The number of hydrogen-bond donors (Lipinski definition) is 2. The molecule has 5 nitrogen and oxygen atoms in total. The molecule has 7 heteroatoms. The van der Waals surface area contributed by atoms with Gasteiger partial charge in [0.2, 0.25) is 0 Å². The zero-order valence-electron chi connectivity index (χ0n) is 14.6. The summed E-state index contributed by atoms with van der Waals surface area (Å²) in [6.45, 7) is 7.66. The number of rotatable bonds is 5. The van der Waals surface area contributed by atoms with Crippen LogP contribution in [0.25, 0.3) is 0 Å². The summed E-state index contributed by atoms with van der Waals surface area (Å²) < 4.78 is 23.1. The molecule has 0 bridgehead atoms. The Morgan fingerprint density at radius 3 is 2.67 bits per heavy atom. The highest BCUT2D eigenvalue weighted by Crippen LogP contribution is 2.12. The third kappa shape index (κ3) is 6.58. The Kier molecular flexibility index (Phi) is 8.49. The van der Waals surface area contributed by atoms with E-state index in [0.29, 0.717) is 18.9 Å². The molecule has 1 heterocycles. The van der Waals surface area contributed by atoms with E-state index >= 15 is 0 Å². The van der Waals surface area contributed by atoms with E-state index in [2.05, 4.69) is 47.7 Å². The quantitative estimate of drug-likeness (QED) is 0.398. The molecule has 24 heavy (non-hydrogen) atoms. The molecule has 0 aromatic heterocycles. The molecule has 0 amide bonds. The minimum Gasteiger partial charge on any atom is -0.357 e. The molecule has 0 radical (unpaired) electrons. The zero-order valence-corrected chi connectivity index (χ0v) is 17.8. The van der Waals surface area contributed by atoms with Crippen LogP contribution in [0.5, 0.6) is 0 Å². The Hall–Kier alpha value is -0.830. The number of sulfone groups is 1. The van der Waals surface area contributed by atoms with Gasteiger partial charge in [0.05, 0.1) is 11.5 Å². The Balaban J connectivity index is 0.00000288. The largest absolute Gasteiger partial charge is 0.357 e. The van der Waals surface area contributed by atoms with E-state index in [-0.39, 0.29) is 41.5 Å². The molecular weight excluding hydrogens is 437 g/mol. The minimum atomic E-state index is -2.87. The smallest absolute Gasteiger partial charge is 0.191 e. The molecule has 0 saturated carbocycles. The second kappa shape index (κ2) is 9.60. The topological polar surface area (TPSA) is 70.6 Å². The van der Waals surface area contributed by atoms with Crippen molar-refractivity contribution in [3.63, 3.8) is 0 Å². The van der Waals surface area contributed by atoms with Crippen LogP contribution in [0.1, 0.15) is 30.0 Å². The Morgan fingerprint density at radius 2 is 2.08 bits per heavy atom. The van der Waals surface area contributed by atoms with Crippen molar-refractivity contribution in [3.05, 3.63) is 34.9 Å². The molecule has 1 fully saturated rings. The second-order valence-corrected chi connectivity index (χ2v) is 8.41. The number of aliphatic imine (C=N–C) groups is 1. The standard InChI is InChI=1S/C17H27N3O2S.HI/c1-4-18-17(20-16-8-10-23(21,22)12-16)19-9-7-15-6-5-13(2)11-14(15)3;/h5-6,11,16H,4,7-10,12H2,1-3H3,(H2,18,19,20);1H. The van der Waals surface area contributed by atoms with Gasteiger partial charge in [0, 0.05) is 19.1 Å².